The van der Waals surface area contributed by atoms with Gasteiger partial charge < -0.3 is 10.8 Å². The maximum Gasteiger partial charge on any atom is 0.128 e. The van der Waals surface area contributed by atoms with Crippen molar-refractivity contribution in [3.8, 4) is 0 Å². The Bertz CT molecular complexity index is 349. The summed E-state index contributed by atoms with van der Waals surface area (Å²) < 4.78 is 13.5. The largest absolute Gasteiger partial charge is 0.396 e. The molecule has 0 radical (unpaired) electrons. The zero-order valence-corrected chi connectivity index (χ0v) is 9.42. The SMILES string of the molecule is Cc1ccc(F)c([C@H](N)C(C)(C)CO)c1. The summed E-state index contributed by atoms with van der Waals surface area (Å²) in [7, 11) is 0. The molecule has 0 spiro atoms. The van der Waals surface area contributed by atoms with Gasteiger partial charge in [-0.15, -0.1) is 0 Å². The molecular formula is C12H18FNO. The number of nitrogens with two attached hydrogens (primary N) is 1. The van der Waals surface area contributed by atoms with E-state index in [9.17, 15) is 9.50 Å². The number of aryl methyl sites for hydroxylation is 1. The van der Waals surface area contributed by atoms with Crippen molar-refractivity contribution in [3.05, 3.63) is 35.1 Å². The van der Waals surface area contributed by atoms with Gasteiger partial charge in [-0.25, -0.2) is 4.39 Å². The lowest BCUT2D eigenvalue weighted by Crippen LogP contribution is -2.33. The van der Waals surface area contributed by atoms with Crippen LogP contribution in [0.25, 0.3) is 0 Å². The Kier molecular flexibility index (Phi) is 3.47. The highest BCUT2D eigenvalue weighted by atomic mass is 19.1. The van der Waals surface area contributed by atoms with E-state index in [1.54, 1.807) is 12.1 Å². The zero-order chi connectivity index (χ0) is 11.6. The molecule has 0 aliphatic carbocycles. The lowest BCUT2D eigenvalue weighted by molar-refractivity contribution is 0.131. The van der Waals surface area contributed by atoms with E-state index in [2.05, 4.69) is 0 Å². The molecule has 3 heteroatoms. The molecular weight excluding hydrogens is 193 g/mol. The quantitative estimate of drug-likeness (QED) is 0.804. The van der Waals surface area contributed by atoms with Crippen LogP contribution in [0.2, 0.25) is 0 Å². The van der Waals surface area contributed by atoms with Crippen LogP contribution in [-0.2, 0) is 0 Å². The van der Waals surface area contributed by atoms with Gasteiger partial charge in [-0.1, -0.05) is 31.5 Å². The summed E-state index contributed by atoms with van der Waals surface area (Å²) in [6.45, 7) is 5.46. The third kappa shape index (κ3) is 2.55. The Morgan fingerprint density at radius 3 is 2.60 bits per heavy atom. The number of benzene rings is 1. The molecule has 0 bridgehead atoms. The van der Waals surface area contributed by atoms with Crippen molar-refractivity contribution in [1.29, 1.82) is 0 Å². The van der Waals surface area contributed by atoms with E-state index in [-0.39, 0.29) is 12.4 Å². The lowest BCUT2D eigenvalue weighted by Gasteiger charge is -2.30. The van der Waals surface area contributed by atoms with Crippen molar-refractivity contribution < 1.29 is 9.50 Å². The van der Waals surface area contributed by atoms with E-state index in [0.717, 1.165) is 5.56 Å². The van der Waals surface area contributed by atoms with Gasteiger partial charge in [0.2, 0.25) is 0 Å². The summed E-state index contributed by atoms with van der Waals surface area (Å²) in [6.07, 6.45) is 0. The standard InChI is InChI=1S/C12H18FNO/c1-8-4-5-10(13)9(6-8)11(14)12(2,3)7-15/h4-6,11,15H,7,14H2,1-3H3/t11-/m0/s1. The maximum absolute atomic E-state index is 13.5. The van der Waals surface area contributed by atoms with E-state index in [0.29, 0.717) is 5.56 Å². The highest BCUT2D eigenvalue weighted by Crippen LogP contribution is 2.32. The maximum atomic E-state index is 13.5. The molecule has 1 aromatic rings. The number of aliphatic hydroxyl groups excluding tert-OH is 1. The molecule has 15 heavy (non-hydrogen) atoms. The van der Waals surface area contributed by atoms with Gasteiger partial charge in [-0.3, -0.25) is 0 Å². The Hall–Kier alpha value is -0.930. The van der Waals surface area contributed by atoms with Gasteiger partial charge in [-0.05, 0) is 13.0 Å². The van der Waals surface area contributed by atoms with E-state index >= 15 is 0 Å². The van der Waals surface area contributed by atoms with Gasteiger partial charge in [0.1, 0.15) is 5.82 Å². The summed E-state index contributed by atoms with van der Waals surface area (Å²) in [5.41, 5.74) is 6.87. The van der Waals surface area contributed by atoms with Crippen LogP contribution in [0.1, 0.15) is 31.0 Å². The van der Waals surface area contributed by atoms with Crippen molar-refractivity contribution in [1.82, 2.24) is 0 Å². The second-order valence-corrected chi connectivity index (χ2v) is 4.65. The molecule has 0 unspecified atom stereocenters. The minimum atomic E-state index is -0.519. The Morgan fingerprint density at radius 1 is 1.47 bits per heavy atom. The minimum Gasteiger partial charge on any atom is -0.396 e. The summed E-state index contributed by atoms with van der Waals surface area (Å²) in [4.78, 5) is 0. The van der Waals surface area contributed by atoms with E-state index in [4.69, 9.17) is 5.73 Å². The van der Waals surface area contributed by atoms with Gasteiger partial charge >= 0.3 is 0 Å². The van der Waals surface area contributed by atoms with Crippen LogP contribution in [0.15, 0.2) is 18.2 Å². The monoisotopic (exact) mass is 211 g/mol. The molecule has 1 rings (SSSR count). The van der Waals surface area contributed by atoms with Crippen LogP contribution in [0.3, 0.4) is 0 Å². The number of halogens is 1. The van der Waals surface area contributed by atoms with Crippen molar-refractivity contribution in [2.75, 3.05) is 6.61 Å². The van der Waals surface area contributed by atoms with E-state index in [1.165, 1.54) is 6.07 Å². The molecule has 84 valence electrons. The molecule has 0 aliphatic heterocycles. The first-order chi connectivity index (χ1) is 6.88. The normalized spacial score (nSPS) is 14.0. The summed E-state index contributed by atoms with van der Waals surface area (Å²) in [5, 5.41) is 9.18. The third-order valence-electron chi connectivity index (χ3n) is 2.74. The van der Waals surface area contributed by atoms with Crippen LogP contribution in [-0.4, -0.2) is 11.7 Å². The molecule has 0 aliphatic rings. The average molecular weight is 211 g/mol. The van der Waals surface area contributed by atoms with E-state index < -0.39 is 11.5 Å². The fourth-order valence-electron chi connectivity index (χ4n) is 1.42. The minimum absolute atomic E-state index is 0.0679. The molecule has 3 N–H and O–H groups in total. The van der Waals surface area contributed by atoms with Crippen LogP contribution in [0.4, 0.5) is 4.39 Å². The molecule has 1 atom stereocenters. The number of hydrogen-bond donors (Lipinski definition) is 2. The fourth-order valence-corrected chi connectivity index (χ4v) is 1.42. The molecule has 0 heterocycles. The highest BCUT2D eigenvalue weighted by molar-refractivity contribution is 5.27. The molecule has 0 fully saturated rings. The summed E-state index contributed by atoms with van der Waals surface area (Å²) in [5.74, 6) is -0.311. The van der Waals surface area contributed by atoms with Crippen molar-refractivity contribution in [2.45, 2.75) is 26.8 Å². The smallest absolute Gasteiger partial charge is 0.128 e. The van der Waals surface area contributed by atoms with Gasteiger partial charge in [0.25, 0.3) is 0 Å². The van der Waals surface area contributed by atoms with Crippen LogP contribution in [0, 0.1) is 18.2 Å². The molecule has 0 saturated heterocycles. The molecule has 0 saturated carbocycles. The third-order valence-corrected chi connectivity index (χ3v) is 2.74. The highest BCUT2D eigenvalue weighted by Gasteiger charge is 2.28. The lowest BCUT2D eigenvalue weighted by atomic mass is 9.81. The molecule has 1 aromatic carbocycles. The average Bonchev–Trinajstić information content (AvgIpc) is 2.20. The zero-order valence-electron chi connectivity index (χ0n) is 9.42. The number of rotatable bonds is 3. The topological polar surface area (TPSA) is 46.2 Å². The molecule has 0 amide bonds. The predicted octanol–water partition coefficient (Wildman–Crippen LogP) is 2.15. The van der Waals surface area contributed by atoms with Crippen LogP contribution in [0.5, 0.6) is 0 Å². The number of hydrogen-bond acceptors (Lipinski definition) is 2. The van der Waals surface area contributed by atoms with Crippen LogP contribution >= 0.6 is 0 Å². The number of aliphatic hydroxyl groups is 1. The van der Waals surface area contributed by atoms with Gasteiger partial charge in [0, 0.05) is 23.6 Å². The first-order valence-corrected chi connectivity index (χ1v) is 5.01. The van der Waals surface area contributed by atoms with Gasteiger partial charge in [0.05, 0.1) is 0 Å². The summed E-state index contributed by atoms with van der Waals surface area (Å²) in [6, 6.07) is 4.36. The fraction of sp³-hybridized carbons (Fsp3) is 0.500. The Morgan fingerprint density at radius 2 is 2.07 bits per heavy atom. The predicted molar refractivity (Wildman–Crippen MR) is 58.9 cm³/mol. The van der Waals surface area contributed by atoms with Gasteiger partial charge in [0.15, 0.2) is 0 Å². The Labute approximate surface area is 89.9 Å². The molecule has 0 aromatic heterocycles. The van der Waals surface area contributed by atoms with Crippen molar-refractivity contribution in [2.24, 2.45) is 11.1 Å². The second kappa shape index (κ2) is 4.29. The van der Waals surface area contributed by atoms with Crippen molar-refractivity contribution >= 4 is 0 Å². The summed E-state index contributed by atoms with van der Waals surface area (Å²) >= 11 is 0. The van der Waals surface area contributed by atoms with E-state index in [1.807, 2.05) is 20.8 Å². The van der Waals surface area contributed by atoms with Crippen molar-refractivity contribution in [3.63, 3.8) is 0 Å². The first kappa shape index (κ1) is 12.1. The first-order valence-electron chi connectivity index (χ1n) is 5.01. The second-order valence-electron chi connectivity index (χ2n) is 4.65. The van der Waals surface area contributed by atoms with Crippen LogP contribution < -0.4 is 5.73 Å². The Balaban J connectivity index is 3.10. The molecule has 2 nitrogen and oxygen atoms in total. The van der Waals surface area contributed by atoms with Gasteiger partial charge in [-0.2, -0.15) is 0 Å².